The molecule has 3 aliphatic heterocycles. The standard InChI is InChI=1S/C20H35N3O2/c1-3-16-5-10-21(11-6-16)12-7-17-8-13-22(14-9-17)18-15-19(24)23(4-2)20(18)25/h16-18H,3-15H2,1-2H3. The maximum atomic E-state index is 12.4. The van der Waals surface area contributed by atoms with Crippen LogP contribution in [0.1, 0.15) is 58.8 Å². The Hall–Kier alpha value is -0.940. The normalized spacial score (nSPS) is 28.2. The third kappa shape index (κ3) is 4.43. The number of amides is 2. The molecule has 0 aliphatic carbocycles. The summed E-state index contributed by atoms with van der Waals surface area (Å²) in [7, 11) is 0. The number of likely N-dealkylation sites (N-methyl/N-ethyl adjacent to an activating group) is 1. The van der Waals surface area contributed by atoms with Gasteiger partial charge in [0.05, 0.1) is 12.5 Å². The number of hydrogen-bond acceptors (Lipinski definition) is 4. The van der Waals surface area contributed by atoms with Crippen molar-refractivity contribution < 1.29 is 9.59 Å². The van der Waals surface area contributed by atoms with Gasteiger partial charge in [0.1, 0.15) is 0 Å². The van der Waals surface area contributed by atoms with Crippen molar-refractivity contribution in [2.24, 2.45) is 11.8 Å². The zero-order valence-electron chi connectivity index (χ0n) is 16.1. The van der Waals surface area contributed by atoms with Crippen LogP contribution in [0.5, 0.6) is 0 Å². The summed E-state index contributed by atoms with van der Waals surface area (Å²) in [6.07, 6.45) is 8.13. The zero-order valence-corrected chi connectivity index (χ0v) is 16.1. The van der Waals surface area contributed by atoms with Crippen LogP contribution in [0.2, 0.25) is 0 Å². The van der Waals surface area contributed by atoms with E-state index in [1.54, 1.807) is 0 Å². The molecule has 2 amide bonds. The lowest BCUT2D eigenvalue weighted by Gasteiger charge is -2.36. The molecule has 0 aromatic heterocycles. The fourth-order valence-corrected chi connectivity index (χ4v) is 4.82. The maximum Gasteiger partial charge on any atom is 0.247 e. The predicted octanol–water partition coefficient (Wildman–Crippen LogP) is 2.36. The maximum absolute atomic E-state index is 12.4. The van der Waals surface area contributed by atoms with E-state index in [0.29, 0.717) is 13.0 Å². The van der Waals surface area contributed by atoms with Gasteiger partial charge in [-0.25, -0.2) is 0 Å². The number of piperidine rings is 2. The van der Waals surface area contributed by atoms with Gasteiger partial charge in [-0.3, -0.25) is 19.4 Å². The van der Waals surface area contributed by atoms with Gasteiger partial charge in [-0.15, -0.1) is 0 Å². The summed E-state index contributed by atoms with van der Waals surface area (Å²) in [5.41, 5.74) is 0. The van der Waals surface area contributed by atoms with Crippen LogP contribution in [-0.2, 0) is 9.59 Å². The molecule has 0 N–H and O–H groups in total. The molecule has 5 nitrogen and oxygen atoms in total. The van der Waals surface area contributed by atoms with E-state index in [1.807, 2.05) is 6.92 Å². The van der Waals surface area contributed by atoms with Crippen LogP contribution in [0.3, 0.4) is 0 Å². The first-order valence-corrected chi connectivity index (χ1v) is 10.4. The Morgan fingerprint density at radius 2 is 1.56 bits per heavy atom. The van der Waals surface area contributed by atoms with Crippen LogP contribution in [0.25, 0.3) is 0 Å². The largest absolute Gasteiger partial charge is 0.303 e. The van der Waals surface area contributed by atoms with Crippen molar-refractivity contribution in [1.82, 2.24) is 14.7 Å². The summed E-state index contributed by atoms with van der Waals surface area (Å²) < 4.78 is 0. The summed E-state index contributed by atoms with van der Waals surface area (Å²) in [6, 6.07) is -0.179. The Kier molecular flexibility index (Phi) is 6.50. The van der Waals surface area contributed by atoms with E-state index in [-0.39, 0.29) is 17.9 Å². The first-order chi connectivity index (χ1) is 12.1. The van der Waals surface area contributed by atoms with Gasteiger partial charge in [-0.1, -0.05) is 13.3 Å². The molecule has 3 aliphatic rings. The topological polar surface area (TPSA) is 43.9 Å². The molecule has 1 unspecified atom stereocenters. The first kappa shape index (κ1) is 18.8. The summed E-state index contributed by atoms with van der Waals surface area (Å²) in [5, 5.41) is 0. The van der Waals surface area contributed by atoms with Gasteiger partial charge in [0.15, 0.2) is 0 Å². The Morgan fingerprint density at radius 1 is 0.920 bits per heavy atom. The van der Waals surface area contributed by atoms with E-state index in [4.69, 9.17) is 0 Å². The van der Waals surface area contributed by atoms with Crippen LogP contribution in [0.4, 0.5) is 0 Å². The lowest BCUT2D eigenvalue weighted by molar-refractivity contribution is -0.139. The second kappa shape index (κ2) is 8.63. The molecule has 3 rings (SSSR count). The number of imide groups is 1. The van der Waals surface area contributed by atoms with Crippen LogP contribution < -0.4 is 0 Å². The minimum atomic E-state index is -0.179. The average Bonchev–Trinajstić information content (AvgIpc) is 2.94. The van der Waals surface area contributed by atoms with Crippen LogP contribution in [0.15, 0.2) is 0 Å². The highest BCUT2D eigenvalue weighted by Crippen LogP contribution is 2.27. The number of likely N-dealkylation sites (tertiary alicyclic amines) is 3. The first-order valence-electron chi connectivity index (χ1n) is 10.4. The minimum absolute atomic E-state index is 0.00936. The van der Waals surface area contributed by atoms with E-state index in [1.165, 1.54) is 63.1 Å². The summed E-state index contributed by atoms with van der Waals surface area (Å²) >= 11 is 0. The summed E-state index contributed by atoms with van der Waals surface area (Å²) in [4.78, 5) is 30.6. The smallest absolute Gasteiger partial charge is 0.247 e. The molecule has 5 heteroatoms. The van der Waals surface area contributed by atoms with Gasteiger partial charge in [-0.2, -0.15) is 0 Å². The number of nitrogens with zero attached hydrogens (tertiary/aromatic N) is 3. The van der Waals surface area contributed by atoms with Crippen molar-refractivity contribution in [3.8, 4) is 0 Å². The van der Waals surface area contributed by atoms with Gasteiger partial charge in [-0.05, 0) is 83.6 Å². The van der Waals surface area contributed by atoms with Crippen molar-refractivity contribution >= 4 is 11.8 Å². The molecule has 3 heterocycles. The number of carbonyl (C=O) groups is 2. The Morgan fingerprint density at radius 3 is 2.12 bits per heavy atom. The third-order valence-electron chi connectivity index (χ3n) is 6.76. The van der Waals surface area contributed by atoms with Crippen LogP contribution >= 0.6 is 0 Å². The second-order valence-electron chi connectivity index (χ2n) is 8.16. The van der Waals surface area contributed by atoms with Crippen molar-refractivity contribution in [3.63, 3.8) is 0 Å². The fourth-order valence-electron chi connectivity index (χ4n) is 4.82. The SMILES string of the molecule is CCC1CCN(CCC2CCN(C3CC(=O)N(CC)C3=O)CC2)CC1. The van der Waals surface area contributed by atoms with E-state index in [9.17, 15) is 9.59 Å². The highest BCUT2D eigenvalue weighted by molar-refractivity contribution is 6.05. The van der Waals surface area contributed by atoms with Gasteiger partial charge >= 0.3 is 0 Å². The van der Waals surface area contributed by atoms with E-state index < -0.39 is 0 Å². The van der Waals surface area contributed by atoms with Crippen molar-refractivity contribution in [1.29, 1.82) is 0 Å². The Balaban J connectivity index is 1.38. The monoisotopic (exact) mass is 349 g/mol. The lowest BCUT2D eigenvalue weighted by atomic mass is 9.91. The fraction of sp³-hybridized carbons (Fsp3) is 0.900. The van der Waals surface area contributed by atoms with Gasteiger partial charge in [0, 0.05) is 6.54 Å². The second-order valence-corrected chi connectivity index (χ2v) is 8.16. The van der Waals surface area contributed by atoms with E-state index in [0.717, 1.165) is 24.9 Å². The number of carbonyl (C=O) groups excluding carboxylic acids is 2. The zero-order chi connectivity index (χ0) is 17.8. The van der Waals surface area contributed by atoms with E-state index in [2.05, 4.69) is 16.7 Å². The van der Waals surface area contributed by atoms with Crippen molar-refractivity contribution in [3.05, 3.63) is 0 Å². The van der Waals surface area contributed by atoms with Gasteiger partial charge in [0.2, 0.25) is 11.8 Å². The van der Waals surface area contributed by atoms with Crippen molar-refractivity contribution in [2.75, 3.05) is 39.3 Å². The molecule has 0 aromatic rings. The molecule has 0 saturated carbocycles. The number of rotatable bonds is 6. The molecule has 142 valence electrons. The molecule has 0 bridgehead atoms. The highest BCUT2D eigenvalue weighted by atomic mass is 16.2. The summed E-state index contributed by atoms with van der Waals surface area (Å²) in [6.45, 7) is 10.5. The molecule has 0 radical (unpaired) electrons. The molecule has 0 spiro atoms. The summed E-state index contributed by atoms with van der Waals surface area (Å²) in [5.74, 6) is 1.78. The lowest BCUT2D eigenvalue weighted by Crippen LogP contribution is -2.46. The molecule has 3 saturated heterocycles. The molecular formula is C20H35N3O2. The van der Waals surface area contributed by atoms with Crippen LogP contribution in [-0.4, -0.2) is 71.8 Å². The average molecular weight is 350 g/mol. The number of hydrogen-bond donors (Lipinski definition) is 0. The van der Waals surface area contributed by atoms with Gasteiger partial charge < -0.3 is 4.90 Å². The molecule has 1 atom stereocenters. The van der Waals surface area contributed by atoms with E-state index >= 15 is 0 Å². The molecule has 25 heavy (non-hydrogen) atoms. The quantitative estimate of drug-likeness (QED) is 0.691. The van der Waals surface area contributed by atoms with Crippen LogP contribution in [0, 0.1) is 11.8 Å². The van der Waals surface area contributed by atoms with Crippen molar-refractivity contribution in [2.45, 2.75) is 64.8 Å². The highest BCUT2D eigenvalue weighted by Gasteiger charge is 2.41. The molecule has 3 fully saturated rings. The molecule has 0 aromatic carbocycles. The predicted molar refractivity (Wildman–Crippen MR) is 99.2 cm³/mol. The molecular weight excluding hydrogens is 314 g/mol. The Labute approximate surface area is 152 Å². The van der Waals surface area contributed by atoms with Gasteiger partial charge in [0.25, 0.3) is 0 Å². The third-order valence-corrected chi connectivity index (χ3v) is 6.76. The Bertz CT molecular complexity index is 466. The minimum Gasteiger partial charge on any atom is -0.303 e.